The van der Waals surface area contributed by atoms with Crippen molar-refractivity contribution in [2.75, 3.05) is 19.3 Å². The molecule has 1 fully saturated rings. The van der Waals surface area contributed by atoms with Gasteiger partial charge in [0.15, 0.2) is 0 Å². The lowest BCUT2D eigenvalue weighted by Crippen LogP contribution is -2.44. The van der Waals surface area contributed by atoms with Crippen LogP contribution in [0.1, 0.15) is 17.7 Å². The lowest BCUT2D eigenvalue weighted by Gasteiger charge is -2.30. The molecule has 1 aliphatic heterocycles. The van der Waals surface area contributed by atoms with Crippen molar-refractivity contribution in [1.82, 2.24) is 9.62 Å². The summed E-state index contributed by atoms with van der Waals surface area (Å²) in [5, 5.41) is 5.56. The SMILES string of the molecule is CS(=O)(=O)N1CCC(NCc2cccs2)CC1. The molecular formula is C11H18N2O2S2. The van der Waals surface area contributed by atoms with E-state index in [0.717, 1.165) is 19.4 Å². The van der Waals surface area contributed by atoms with Gasteiger partial charge in [-0.3, -0.25) is 0 Å². The molecule has 0 atom stereocenters. The van der Waals surface area contributed by atoms with Crippen molar-refractivity contribution in [3.05, 3.63) is 22.4 Å². The Kier molecular flexibility index (Phi) is 4.19. The van der Waals surface area contributed by atoms with Crippen LogP contribution in [0.4, 0.5) is 0 Å². The van der Waals surface area contributed by atoms with E-state index in [9.17, 15) is 8.42 Å². The second-order valence-corrected chi connectivity index (χ2v) is 7.41. The summed E-state index contributed by atoms with van der Waals surface area (Å²) in [5.41, 5.74) is 0. The molecule has 6 heteroatoms. The molecule has 0 bridgehead atoms. The van der Waals surface area contributed by atoms with Crippen molar-refractivity contribution in [3.8, 4) is 0 Å². The second-order valence-electron chi connectivity index (χ2n) is 4.40. The number of nitrogens with one attached hydrogen (secondary N) is 1. The predicted molar refractivity (Wildman–Crippen MR) is 70.6 cm³/mol. The molecular weight excluding hydrogens is 256 g/mol. The summed E-state index contributed by atoms with van der Waals surface area (Å²) >= 11 is 1.75. The van der Waals surface area contributed by atoms with Gasteiger partial charge in [0.05, 0.1) is 6.26 Å². The Labute approximate surface area is 107 Å². The molecule has 0 spiro atoms. The first-order valence-electron chi connectivity index (χ1n) is 5.76. The Morgan fingerprint density at radius 1 is 1.47 bits per heavy atom. The van der Waals surface area contributed by atoms with Gasteiger partial charge in [-0.1, -0.05) is 6.07 Å². The number of nitrogens with zero attached hydrogens (tertiary/aromatic N) is 1. The van der Waals surface area contributed by atoms with Crippen LogP contribution >= 0.6 is 11.3 Å². The van der Waals surface area contributed by atoms with E-state index in [1.54, 1.807) is 15.6 Å². The van der Waals surface area contributed by atoms with Crippen LogP contribution in [0.15, 0.2) is 17.5 Å². The number of hydrogen-bond acceptors (Lipinski definition) is 4. The zero-order valence-electron chi connectivity index (χ0n) is 9.93. The van der Waals surface area contributed by atoms with Gasteiger partial charge < -0.3 is 5.32 Å². The minimum Gasteiger partial charge on any atom is -0.309 e. The van der Waals surface area contributed by atoms with Gasteiger partial charge in [-0.2, -0.15) is 0 Å². The summed E-state index contributed by atoms with van der Waals surface area (Å²) < 4.78 is 24.3. The van der Waals surface area contributed by atoms with E-state index in [0.29, 0.717) is 19.1 Å². The van der Waals surface area contributed by atoms with E-state index >= 15 is 0 Å². The maximum atomic E-state index is 11.3. The lowest BCUT2D eigenvalue weighted by molar-refractivity contribution is 0.290. The summed E-state index contributed by atoms with van der Waals surface area (Å²) in [4.78, 5) is 1.33. The van der Waals surface area contributed by atoms with Crippen molar-refractivity contribution in [3.63, 3.8) is 0 Å². The Hall–Kier alpha value is -0.430. The van der Waals surface area contributed by atoms with Crippen LogP contribution in [-0.2, 0) is 16.6 Å². The molecule has 0 aromatic carbocycles. The number of thiophene rings is 1. The highest BCUT2D eigenvalue weighted by Gasteiger charge is 2.24. The van der Waals surface area contributed by atoms with Crippen molar-refractivity contribution in [2.24, 2.45) is 0 Å². The van der Waals surface area contributed by atoms with Gasteiger partial charge in [0.25, 0.3) is 0 Å². The Morgan fingerprint density at radius 3 is 2.71 bits per heavy atom. The van der Waals surface area contributed by atoms with Crippen LogP contribution in [0.5, 0.6) is 0 Å². The van der Waals surface area contributed by atoms with Gasteiger partial charge >= 0.3 is 0 Å². The standard InChI is InChI=1S/C11H18N2O2S2/c1-17(14,15)13-6-4-10(5-7-13)12-9-11-3-2-8-16-11/h2-3,8,10,12H,4-7,9H2,1H3. The van der Waals surface area contributed by atoms with Gasteiger partial charge in [0.2, 0.25) is 10.0 Å². The third kappa shape index (κ3) is 3.77. The molecule has 2 heterocycles. The molecule has 0 aliphatic carbocycles. The van der Waals surface area contributed by atoms with E-state index in [4.69, 9.17) is 0 Å². The number of rotatable bonds is 4. The van der Waals surface area contributed by atoms with Crippen LogP contribution in [0, 0.1) is 0 Å². The predicted octanol–water partition coefficient (Wildman–Crippen LogP) is 1.26. The van der Waals surface area contributed by atoms with Crippen molar-refractivity contribution in [2.45, 2.75) is 25.4 Å². The van der Waals surface area contributed by atoms with Crippen LogP contribution in [0.2, 0.25) is 0 Å². The van der Waals surface area contributed by atoms with E-state index in [1.165, 1.54) is 11.1 Å². The molecule has 1 N–H and O–H groups in total. The third-order valence-corrected chi connectivity index (χ3v) is 5.25. The number of piperidine rings is 1. The number of sulfonamides is 1. The van der Waals surface area contributed by atoms with Crippen LogP contribution in [0.3, 0.4) is 0 Å². The first-order chi connectivity index (χ1) is 8.05. The van der Waals surface area contributed by atoms with E-state index in [2.05, 4.69) is 16.8 Å². The molecule has 96 valence electrons. The summed E-state index contributed by atoms with van der Waals surface area (Å²) in [6.07, 6.45) is 3.09. The zero-order valence-corrected chi connectivity index (χ0v) is 11.6. The van der Waals surface area contributed by atoms with E-state index in [1.807, 2.05) is 6.07 Å². The van der Waals surface area contributed by atoms with E-state index in [-0.39, 0.29) is 0 Å². The monoisotopic (exact) mass is 274 g/mol. The summed E-state index contributed by atoms with van der Waals surface area (Å²) in [6.45, 7) is 2.17. The molecule has 1 saturated heterocycles. The summed E-state index contributed by atoms with van der Waals surface area (Å²) in [7, 11) is -3.00. The van der Waals surface area contributed by atoms with Crippen LogP contribution in [0.25, 0.3) is 0 Å². The molecule has 0 unspecified atom stereocenters. The molecule has 2 rings (SSSR count). The van der Waals surface area contributed by atoms with E-state index < -0.39 is 10.0 Å². The highest BCUT2D eigenvalue weighted by atomic mass is 32.2. The second kappa shape index (κ2) is 5.48. The molecule has 0 radical (unpaired) electrons. The fourth-order valence-corrected chi connectivity index (χ4v) is 3.58. The average molecular weight is 274 g/mol. The van der Waals surface area contributed by atoms with Gasteiger partial charge in [0, 0.05) is 30.6 Å². The Bertz CT molecular complexity index is 434. The summed E-state index contributed by atoms with van der Waals surface area (Å²) in [6, 6.07) is 4.60. The quantitative estimate of drug-likeness (QED) is 0.899. The maximum absolute atomic E-state index is 11.3. The minimum absolute atomic E-state index is 0.440. The van der Waals surface area contributed by atoms with Gasteiger partial charge in [-0.25, -0.2) is 12.7 Å². The van der Waals surface area contributed by atoms with Crippen molar-refractivity contribution >= 4 is 21.4 Å². The Balaban J connectivity index is 1.76. The van der Waals surface area contributed by atoms with Gasteiger partial charge in [-0.15, -0.1) is 11.3 Å². The first-order valence-corrected chi connectivity index (χ1v) is 8.49. The normalized spacial score (nSPS) is 19.6. The highest BCUT2D eigenvalue weighted by Crippen LogP contribution is 2.14. The van der Waals surface area contributed by atoms with Crippen molar-refractivity contribution in [1.29, 1.82) is 0 Å². The maximum Gasteiger partial charge on any atom is 0.211 e. The van der Waals surface area contributed by atoms with Crippen LogP contribution in [-0.4, -0.2) is 38.1 Å². The highest BCUT2D eigenvalue weighted by molar-refractivity contribution is 7.88. The topological polar surface area (TPSA) is 49.4 Å². The molecule has 4 nitrogen and oxygen atoms in total. The first kappa shape index (κ1) is 13.0. The van der Waals surface area contributed by atoms with Crippen LogP contribution < -0.4 is 5.32 Å². The lowest BCUT2D eigenvalue weighted by atomic mass is 10.1. The molecule has 1 aliphatic rings. The number of hydrogen-bond donors (Lipinski definition) is 1. The third-order valence-electron chi connectivity index (χ3n) is 3.07. The zero-order chi connectivity index (χ0) is 12.3. The molecule has 0 amide bonds. The fourth-order valence-electron chi connectivity index (χ4n) is 2.05. The van der Waals surface area contributed by atoms with Gasteiger partial charge in [0.1, 0.15) is 0 Å². The largest absolute Gasteiger partial charge is 0.309 e. The fraction of sp³-hybridized carbons (Fsp3) is 0.636. The van der Waals surface area contributed by atoms with Crippen molar-refractivity contribution < 1.29 is 8.42 Å². The smallest absolute Gasteiger partial charge is 0.211 e. The Morgan fingerprint density at radius 2 is 2.18 bits per heavy atom. The molecule has 1 aromatic rings. The molecule has 17 heavy (non-hydrogen) atoms. The molecule has 1 aromatic heterocycles. The molecule has 0 saturated carbocycles. The average Bonchev–Trinajstić information content (AvgIpc) is 2.78. The van der Waals surface area contributed by atoms with Gasteiger partial charge in [-0.05, 0) is 24.3 Å². The minimum atomic E-state index is -3.00. The summed E-state index contributed by atoms with van der Waals surface area (Å²) in [5.74, 6) is 0.